The van der Waals surface area contributed by atoms with Crippen LogP contribution >= 0.6 is 0 Å². The van der Waals surface area contributed by atoms with Crippen LogP contribution in [0.1, 0.15) is 39.5 Å². The lowest BCUT2D eigenvalue weighted by Crippen LogP contribution is -2.37. The molecule has 1 aliphatic rings. The average Bonchev–Trinajstić information content (AvgIpc) is 2.53. The van der Waals surface area contributed by atoms with E-state index in [1.54, 1.807) is 0 Å². The molecule has 1 fully saturated rings. The normalized spacial score (nSPS) is 24.9. The van der Waals surface area contributed by atoms with E-state index in [0.717, 1.165) is 25.9 Å². The van der Waals surface area contributed by atoms with Crippen LogP contribution in [0.4, 0.5) is 0 Å². The molecule has 0 aromatic rings. The number of hydrogen-bond donors (Lipinski definition) is 2. The Bertz CT molecular complexity index is 201. The summed E-state index contributed by atoms with van der Waals surface area (Å²) in [5, 5.41) is 2.94. The van der Waals surface area contributed by atoms with Crippen molar-refractivity contribution in [1.29, 1.82) is 0 Å². The van der Waals surface area contributed by atoms with Gasteiger partial charge in [-0.25, -0.2) is 0 Å². The van der Waals surface area contributed by atoms with Gasteiger partial charge in [0, 0.05) is 18.7 Å². The van der Waals surface area contributed by atoms with Crippen molar-refractivity contribution in [2.75, 3.05) is 6.61 Å². The molecular weight excluding hydrogens is 192 g/mol. The zero-order valence-corrected chi connectivity index (χ0v) is 9.66. The molecule has 0 spiro atoms. The Labute approximate surface area is 91.5 Å². The molecule has 0 radical (unpaired) electrons. The van der Waals surface area contributed by atoms with Crippen molar-refractivity contribution < 1.29 is 9.53 Å². The second-order valence-corrected chi connectivity index (χ2v) is 4.52. The van der Waals surface area contributed by atoms with Crippen molar-refractivity contribution in [2.45, 2.75) is 57.7 Å². The maximum absolute atomic E-state index is 11.6. The summed E-state index contributed by atoms with van der Waals surface area (Å²) >= 11 is 0. The van der Waals surface area contributed by atoms with Gasteiger partial charge in [0.15, 0.2) is 0 Å². The van der Waals surface area contributed by atoms with Gasteiger partial charge in [-0.1, -0.05) is 0 Å². The number of ether oxygens (including phenoxy) is 1. The van der Waals surface area contributed by atoms with Crippen molar-refractivity contribution in [2.24, 2.45) is 5.73 Å². The van der Waals surface area contributed by atoms with Crippen LogP contribution < -0.4 is 11.1 Å². The third-order valence-electron chi connectivity index (χ3n) is 2.57. The minimum atomic E-state index is 0.0788. The van der Waals surface area contributed by atoms with Crippen molar-refractivity contribution in [3.63, 3.8) is 0 Å². The lowest BCUT2D eigenvalue weighted by Gasteiger charge is -2.17. The van der Waals surface area contributed by atoms with Gasteiger partial charge >= 0.3 is 0 Å². The number of nitrogens with one attached hydrogen (secondary N) is 1. The second-order valence-electron chi connectivity index (χ2n) is 4.52. The van der Waals surface area contributed by atoms with E-state index in [1.807, 2.05) is 13.8 Å². The van der Waals surface area contributed by atoms with Gasteiger partial charge in [0.2, 0.25) is 5.91 Å². The summed E-state index contributed by atoms with van der Waals surface area (Å²) in [5.41, 5.74) is 5.66. The van der Waals surface area contributed by atoms with Gasteiger partial charge in [0.25, 0.3) is 0 Å². The SMILES string of the molecule is CC(N)CC(C)NC(=O)CC1CCCO1. The number of carbonyl (C=O) groups is 1. The van der Waals surface area contributed by atoms with Crippen molar-refractivity contribution >= 4 is 5.91 Å². The van der Waals surface area contributed by atoms with Gasteiger partial charge in [-0.15, -0.1) is 0 Å². The molecule has 1 rings (SSSR count). The van der Waals surface area contributed by atoms with Gasteiger partial charge < -0.3 is 15.8 Å². The highest BCUT2D eigenvalue weighted by atomic mass is 16.5. The van der Waals surface area contributed by atoms with Crippen molar-refractivity contribution in [3.8, 4) is 0 Å². The second kappa shape index (κ2) is 6.08. The first-order chi connectivity index (χ1) is 7.08. The lowest BCUT2D eigenvalue weighted by molar-refractivity contribution is -0.123. The first kappa shape index (κ1) is 12.5. The van der Waals surface area contributed by atoms with E-state index >= 15 is 0 Å². The van der Waals surface area contributed by atoms with Crippen LogP contribution in [0.5, 0.6) is 0 Å². The summed E-state index contributed by atoms with van der Waals surface area (Å²) in [6, 6.07) is 0.280. The number of hydrogen-bond acceptors (Lipinski definition) is 3. The molecule has 3 atom stereocenters. The number of carbonyl (C=O) groups excluding carboxylic acids is 1. The zero-order valence-electron chi connectivity index (χ0n) is 9.66. The Morgan fingerprint density at radius 1 is 1.60 bits per heavy atom. The van der Waals surface area contributed by atoms with Gasteiger partial charge in [-0.3, -0.25) is 4.79 Å². The Kier molecular flexibility index (Phi) is 5.05. The Morgan fingerprint density at radius 2 is 2.33 bits per heavy atom. The molecule has 0 bridgehead atoms. The van der Waals surface area contributed by atoms with Gasteiger partial charge in [-0.2, -0.15) is 0 Å². The Morgan fingerprint density at radius 3 is 2.87 bits per heavy atom. The minimum Gasteiger partial charge on any atom is -0.378 e. The highest BCUT2D eigenvalue weighted by Gasteiger charge is 2.19. The van der Waals surface area contributed by atoms with Crippen LogP contribution in [0.3, 0.4) is 0 Å². The van der Waals surface area contributed by atoms with Crippen molar-refractivity contribution in [3.05, 3.63) is 0 Å². The zero-order chi connectivity index (χ0) is 11.3. The molecule has 1 heterocycles. The average molecular weight is 214 g/mol. The van der Waals surface area contributed by atoms with Crippen LogP contribution in [0.25, 0.3) is 0 Å². The predicted molar refractivity (Wildman–Crippen MR) is 59.5 cm³/mol. The van der Waals surface area contributed by atoms with E-state index in [1.165, 1.54) is 0 Å². The summed E-state index contributed by atoms with van der Waals surface area (Å²) in [5.74, 6) is 0.0788. The molecule has 88 valence electrons. The van der Waals surface area contributed by atoms with E-state index in [-0.39, 0.29) is 24.1 Å². The molecule has 3 unspecified atom stereocenters. The highest BCUT2D eigenvalue weighted by Crippen LogP contribution is 2.15. The summed E-state index contributed by atoms with van der Waals surface area (Å²) in [6.45, 7) is 4.73. The van der Waals surface area contributed by atoms with E-state index in [0.29, 0.717) is 6.42 Å². The van der Waals surface area contributed by atoms with Crippen LogP contribution in [-0.4, -0.2) is 30.7 Å². The monoisotopic (exact) mass is 214 g/mol. The van der Waals surface area contributed by atoms with Crippen LogP contribution in [0.15, 0.2) is 0 Å². The molecule has 4 nitrogen and oxygen atoms in total. The van der Waals surface area contributed by atoms with Crippen LogP contribution in [0.2, 0.25) is 0 Å². The first-order valence-corrected chi connectivity index (χ1v) is 5.74. The number of rotatable bonds is 5. The Hall–Kier alpha value is -0.610. The quantitative estimate of drug-likeness (QED) is 0.711. The maximum atomic E-state index is 11.6. The van der Waals surface area contributed by atoms with Crippen LogP contribution in [0, 0.1) is 0 Å². The van der Waals surface area contributed by atoms with E-state index in [9.17, 15) is 4.79 Å². The fourth-order valence-electron chi connectivity index (χ4n) is 1.96. The lowest BCUT2D eigenvalue weighted by atomic mass is 10.1. The molecule has 1 aliphatic heterocycles. The van der Waals surface area contributed by atoms with Crippen LogP contribution in [-0.2, 0) is 9.53 Å². The summed E-state index contributed by atoms with van der Waals surface area (Å²) in [7, 11) is 0. The highest BCUT2D eigenvalue weighted by molar-refractivity contribution is 5.76. The molecule has 0 aliphatic carbocycles. The fourth-order valence-corrected chi connectivity index (χ4v) is 1.96. The topological polar surface area (TPSA) is 64.3 Å². The van der Waals surface area contributed by atoms with Gasteiger partial charge in [0.05, 0.1) is 12.5 Å². The molecule has 15 heavy (non-hydrogen) atoms. The van der Waals surface area contributed by atoms with E-state index < -0.39 is 0 Å². The molecular formula is C11H22N2O2. The standard InChI is InChI=1S/C11H22N2O2/c1-8(12)6-9(2)13-11(14)7-10-4-3-5-15-10/h8-10H,3-7,12H2,1-2H3,(H,13,14). The molecule has 4 heteroatoms. The molecule has 0 saturated carbocycles. The summed E-state index contributed by atoms with van der Waals surface area (Å²) in [4.78, 5) is 11.6. The molecule has 0 aromatic heterocycles. The van der Waals surface area contributed by atoms with Crippen molar-refractivity contribution in [1.82, 2.24) is 5.32 Å². The minimum absolute atomic E-state index is 0.0788. The number of nitrogens with two attached hydrogens (primary N) is 1. The predicted octanol–water partition coefficient (Wildman–Crippen LogP) is 0.797. The molecule has 0 aromatic carbocycles. The molecule has 3 N–H and O–H groups in total. The summed E-state index contributed by atoms with van der Waals surface area (Å²) in [6.07, 6.45) is 3.52. The van der Waals surface area contributed by atoms with Gasteiger partial charge in [0.1, 0.15) is 0 Å². The fraction of sp³-hybridized carbons (Fsp3) is 0.909. The largest absolute Gasteiger partial charge is 0.378 e. The van der Waals surface area contributed by atoms with Gasteiger partial charge in [-0.05, 0) is 33.1 Å². The molecule has 1 amide bonds. The third kappa shape index (κ3) is 5.14. The Balaban J connectivity index is 2.16. The maximum Gasteiger partial charge on any atom is 0.222 e. The summed E-state index contributed by atoms with van der Waals surface area (Å²) < 4.78 is 5.40. The van der Waals surface area contributed by atoms with E-state index in [4.69, 9.17) is 10.5 Å². The smallest absolute Gasteiger partial charge is 0.222 e. The molecule has 1 saturated heterocycles. The van der Waals surface area contributed by atoms with E-state index in [2.05, 4.69) is 5.32 Å². The third-order valence-corrected chi connectivity index (χ3v) is 2.57. The number of amides is 1. The first-order valence-electron chi connectivity index (χ1n) is 5.74.